The molecule has 0 bridgehead atoms. The summed E-state index contributed by atoms with van der Waals surface area (Å²) in [4.78, 5) is 22.4. The molecule has 10 heteroatoms. The largest absolute Gasteiger partial charge is 0.573 e. The molecule has 1 fully saturated rings. The van der Waals surface area contributed by atoms with Crippen molar-refractivity contribution in [2.75, 3.05) is 31.2 Å². The second-order valence-electron chi connectivity index (χ2n) is 5.70. The number of carbonyl (C=O) groups excluding carboxylic acids is 1. The predicted molar refractivity (Wildman–Crippen MR) is 89.4 cm³/mol. The lowest BCUT2D eigenvalue weighted by Crippen LogP contribution is -2.37. The van der Waals surface area contributed by atoms with Crippen molar-refractivity contribution in [1.82, 2.24) is 15.3 Å². The molecule has 1 N–H and O–H groups in total. The molecule has 1 aromatic heterocycles. The fraction of sp³-hybridized carbons (Fsp3) is 0.353. The van der Waals surface area contributed by atoms with E-state index in [1.165, 1.54) is 24.5 Å². The van der Waals surface area contributed by atoms with Gasteiger partial charge in [0.1, 0.15) is 23.6 Å². The SMILES string of the molecule is O=C(NCc1ccccc1OC(F)(F)F)c1cc(N2CCOCC2)ncn1. The number of benzene rings is 1. The number of para-hydroxylation sites is 1. The maximum absolute atomic E-state index is 12.5. The Labute approximate surface area is 153 Å². The molecule has 2 aromatic rings. The van der Waals surface area contributed by atoms with Gasteiger partial charge in [0.15, 0.2) is 0 Å². The number of nitrogens with zero attached hydrogens (tertiary/aromatic N) is 3. The highest BCUT2D eigenvalue weighted by Crippen LogP contribution is 2.26. The van der Waals surface area contributed by atoms with Crippen molar-refractivity contribution >= 4 is 11.7 Å². The number of nitrogens with one attached hydrogen (secondary N) is 1. The highest BCUT2D eigenvalue weighted by Gasteiger charge is 2.32. The number of alkyl halides is 3. The van der Waals surface area contributed by atoms with Crippen LogP contribution < -0.4 is 15.0 Å². The van der Waals surface area contributed by atoms with Crippen LogP contribution in [0.4, 0.5) is 19.0 Å². The first-order valence-corrected chi connectivity index (χ1v) is 8.19. The molecule has 0 spiro atoms. The summed E-state index contributed by atoms with van der Waals surface area (Å²) in [5, 5.41) is 2.55. The second-order valence-corrected chi connectivity index (χ2v) is 5.70. The van der Waals surface area contributed by atoms with E-state index in [0.29, 0.717) is 32.1 Å². The lowest BCUT2D eigenvalue weighted by molar-refractivity contribution is -0.274. The average molecular weight is 382 g/mol. The number of amides is 1. The van der Waals surface area contributed by atoms with Gasteiger partial charge in [0, 0.05) is 31.3 Å². The van der Waals surface area contributed by atoms with E-state index in [1.54, 1.807) is 12.1 Å². The number of ether oxygens (including phenoxy) is 2. The summed E-state index contributed by atoms with van der Waals surface area (Å²) in [6.07, 6.45) is -3.53. The number of carbonyl (C=O) groups is 1. The number of anilines is 1. The molecule has 1 amide bonds. The Hall–Kier alpha value is -2.88. The average Bonchev–Trinajstić information content (AvgIpc) is 2.67. The summed E-state index contributed by atoms with van der Waals surface area (Å²) >= 11 is 0. The Morgan fingerprint density at radius 2 is 1.96 bits per heavy atom. The normalized spacial score (nSPS) is 14.7. The third kappa shape index (κ3) is 5.30. The van der Waals surface area contributed by atoms with Crippen LogP contribution >= 0.6 is 0 Å². The quantitative estimate of drug-likeness (QED) is 0.854. The lowest BCUT2D eigenvalue weighted by atomic mass is 10.2. The maximum atomic E-state index is 12.5. The van der Waals surface area contributed by atoms with Gasteiger partial charge in [-0.2, -0.15) is 0 Å². The fourth-order valence-corrected chi connectivity index (χ4v) is 2.58. The Bertz CT molecular complexity index is 795. The van der Waals surface area contributed by atoms with E-state index in [0.717, 1.165) is 0 Å². The third-order valence-electron chi connectivity index (χ3n) is 3.86. The van der Waals surface area contributed by atoms with Gasteiger partial charge in [0.2, 0.25) is 0 Å². The molecule has 2 heterocycles. The number of hydrogen-bond donors (Lipinski definition) is 1. The number of hydrogen-bond acceptors (Lipinski definition) is 6. The van der Waals surface area contributed by atoms with Crippen LogP contribution in [-0.2, 0) is 11.3 Å². The number of halogens is 3. The van der Waals surface area contributed by atoms with Crippen LogP contribution in [0.15, 0.2) is 36.7 Å². The number of aromatic nitrogens is 2. The minimum absolute atomic E-state index is 0.126. The van der Waals surface area contributed by atoms with Gasteiger partial charge in [0.25, 0.3) is 5.91 Å². The first-order chi connectivity index (χ1) is 12.9. The molecule has 1 aliphatic rings. The van der Waals surface area contributed by atoms with Crippen molar-refractivity contribution in [3.63, 3.8) is 0 Å². The van der Waals surface area contributed by atoms with E-state index in [1.807, 2.05) is 4.90 Å². The molecule has 1 saturated heterocycles. The molecule has 27 heavy (non-hydrogen) atoms. The molecule has 144 valence electrons. The van der Waals surface area contributed by atoms with Gasteiger partial charge in [-0.15, -0.1) is 13.2 Å². The molecule has 0 saturated carbocycles. The molecule has 7 nitrogen and oxygen atoms in total. The van der Waals surface area contributed by atoms with Gasteiger partial charge < -0.3 is 19.7 Å². The van der Waals surface area contributed by atoms with Crippen LogP contribution in [-0.4, -0.2) is 48.5 Å². The van der Waals surface area contributed by atoms with Crippen molar-refractivity contribution < 1.29 is 27.4 Å². The van der Waals surface area contributed by atoms with Crippen molar-refractivity contribution in [3.05, 3.63) is 47.9 Å². The summed E-state index contributed by atoms with van der Waals surface area (Å²) in [5.74, 6) is -0.282. The molecular weight excluding hydrogens is 365 g/mol. The van der Waals surface area contributed by atoms with Crippen molar-refractivity contribution in [1.29, 1.82) is 0 Å². The molecule has 1 aliphatic heterocycles. The van der Waals surface area contributed by atoms with Crippen LogP contribution in [0.25, 0.3) is 0 Å². The van der Waals surface area contributed by atoms with Gasteiger partial charge in [-0.25, -0.2) is 9.97 Å². The second kappa shape index (κ2) is 8.21. The van der Waals surface area contributed by atoms with Crippen molar-refractivity contribution in [2.24, 2.45) is 0 Å². The minimum Gasteiger partial charge on any atom is -0.405 e. The zero-order valence-electron chi connectivity index (χ0n) is 14.2. The molecule has 1 aromatic carbocycles. The van der Waals surface area contributed by atoms with Crippen LogP contribution in [0.5, 0.6) is 5.75 Å². The topological polar surface area (TPSA) is 76.6 Å². The molecule has 0 aliphatic carbocycles. The summed E-state index contributed by atoms with van der Waals surface area (Å²) in [5.41, 5.74) is 0.325. The zero-order valence-corrected chi connectivity index (χ0v) is 14.2. The monoisotopic (exact) mass is 382 g/mol. The van der Waals surface area contributed by atoms with Gasteiger partial charge in [0.05, 0.1) is 13.2 Å². The predicted octanol–water partition coefficient (Wildman–Crippen LogP) is 2.14. The van der Waals surface area contributed by atoms with Gasteiger partial charge >= 0.3 is 6.36 Å². The smallest absolute Gasteiger partial charge is 0.405 e. The van der Waals surface area contributed by atoms with Crippen LogP contribution in [0.3, 0.4) is 0 Å². The molecule has 0 radical (unpaired) electrons. The van der Waals surface area contributed by atoms with E-state index in [9.17, 15) is 18.0 Å². The summed E-state index contributed by atoms with van der Waals surface area (Å²) in [6, 6.07) is 7.16. The molecular formula is C17H17F3N4O3. The summed E-state index contributed by atoms with van der Waals surface area (Å²) in [7, 11) is 0. The van der Waals surface area contributed by atoms with Crippen molar-refractivity contribution in [2.45, 2.75) is 12.9 Å². The Morgan fingerprint density at radius 3 is 2.70 bits per heavy atom. The van der Waals surface area contributed by atoms with Crippen LogP contribution in [0.1, 0.15) is 16.1 Å². The maximum Gasteiger partial charge on any atom is 0.573 e. The number of morpholine rings is 1. The van der Waals surface area contributed by atoms with Crippen LogP contribution in [0.2, 0.25) is 0 Å². The third-order valence-corrected chi connectivity index (χ3v) is 3.86. The minimum atomic E-state index is -4.81. The van der Waals surface area contributed by atoms with E-state index < -0.39 is 12.3 Å². The van der Waals surface area contributed by atoms with Crippen molar-refractivity contribution in [3.8, 4) is 5.75 Å². The van der Waals surface area contributed by atoms with Crippen LogP contribution in [0, 0.1) is 0 Å². The Morgan fingerprint density at radius 1 is 1.22 bits per heavy atom. The molecule has 0 unspecified atom stereocenters. The van der Waals surface area contributed by atoms with Gasteiger partial charge in [-0.3, -0.25) is 4.79 Å². The first-order valence-electron chi connectivity index (χ1n) is 8.19. The van der Waals surface area contributed by atoms with Gasteiger partial charge in [-0.1, -0.05) is 18.2 Å². The van der Waals surface area contributed by atoms with E-state index in [-0.39, 0.29) is 23.6 Å². The molecule has 3 rings (SSSR count). The van der Waals surface area contributed by atoms with Gasteiger partial charge in [-0.05, 0) is 6.07 Å². The summed E-state index contributed by atoms with van der Waals surface area (Å²) < 4.78 is 46.6. The Balaban J connectivity index is 1.66. The van der Waals surface area contributed by atoms with E-state index >= 15 is 0 Å². The zero-order chi connectivity index (χ0) is 19.3. The Kier molecular flexibility index (Phi) is 5.75. The molecule has 0 atom stereocenters. The van der Waals surface area contributed by atoms with E-state index in [2.05, 4.69) is 20.0 Å². The first kappa shape index (κ1) is 18.9. The number of rotatable bonds is 5. The van der Waals surface area contributed by atoms with E-state index in [4.69, 9.17) is 4.74 Å². The highest BCUT2D eigenvalue weighted by atomic mass is 19.4. The summed E-state index contributed by atoms with van der Waals surface area (Å²) in [6.45, 7) is 2.31. The fourth-order valence-electron chi connectivity index (χ4n) is 2.58. The highest BCUT2D eigenvalue weighted by molar-refractivity contribution is 5.92. The standard InChI is InChI=1S/C17H17F3N4O3/c18-17(19,20)27-14-4-2-1-3-12(14)10-21-16(25)13-9-15(23-11-22-13)24-5-7-26-8-6-24/h1-4,9,11H,5-8,10H2,(H,21,25). The lowest BCUT2D eigenvalue weighted by Gasteiger charge is -2.27.